The number of thiophene rings is 1. The Kier molecular flexibility index (Phi) is 5.13. The summed E-state index contributed by atoms with van der Waals surface area (Å²) in [6.07, 6.45) is 0. The fourth-order valence-corrected chi connectivity index (χ4v) is 9.11. The molecule has 2 aromatic heterocycles. The Morgan fingerprint density at radius 3 is 2.05 bits per heavy atom. The maximum Gasteiger partial charge on any atom is 0.174 e. The van der Waals surface area contributed by atoms with Crippen LogP contribution in [0.2, 0.25) is 0 Å². The number of aromatic nitrogens is 1. The molecule has 0 amide bonds. The average molecular weight is 618 g/mol. The molecular formula is C33H20IN3S. The Bertz CT molecular complexity index is 2080. The summed E-state index contributed by atoms with van der Waals surface area (Å²) in [5.74, 6) is 0.777. The molecule has 8 rings (SSSR count). The lowest BCUT2D eigenvalue weighted by molar-refractivity contribution is 1.31. The van der Waals surface area contributed by atoms with Crippen molar-refractivity contribution in [1.29, 1.82) is 0 Å². The fraction of sp³-hybridized carbons (Fsp3) is 0. The van der Waals surface area contributed by atoms with Gasteiger partial charge in [0.1, 0.15) is 3.63 Å². The summed E-state index contributed by atoms with van der Waals surface area (Å²) in [6, 6.07) is 43.0. The van der Waals surface area contributed by atoms with E-state index in [4.69, 9.17) is 9.98 Å². The van der Waals surface area contributed by atoms with Crippen molar-refractivity contribution in [2.45, 2.75) is 0 Å². The number of halogens is 1. The highest BCUT2D eigenvalue weighted by Gasteiger charge is 2.21. The number of hydrogen-bond donors (Lipinski definition) is 0. The fourth-order valence-electron chi connectivity index (χ4n) is 5.26. The smallest absolute Gasteiger partial charge is 0.174 e. The second-order valence-electron chi connectivity index (χ2n) is 9.22. The van der Waals surface area contributed by atoms with E-state index in [1.54, 1.807) is 0 Å². The van der Waals surface area contributed by atoms with Gasteiger partial charge in [0.25, 0.3) is 0 Å². The zero-order valence-corrected chi connectivity index (χ0v) is 23.1. The molecule has 0 spiro atoms. The summed E-state index contributed by atoms with van der Waals surface area (Å²) in [5.41, 5.74) is 4.63. The molecule has 38 heavy (non-hydrogen) atoms. The summed E-state index contributed by atoms with van der Waals surface area (Å²) in [4.78, 5) is 10.4. The van der Waals surface area contributed by atoms with E-state index in [9.17, 15) is 0 Å². The van der Waals surface area contributed by atoms with Crippen molar-refractivity contribution in [1.82, 2.24) is 4.57 Å². The van der Waals surface area contributed by atoms with Crippen LogP contribution >= 0.6 is 32.1 Å². The Morgan fingerprint density at radius 2 is 1.24 bits per heavy atom. The van der Waals surface area contributed by atoms with Gasteiger partial charge in [-0.15, -0.1) is 11.3 Å². The van der Waals surface area contributed by atoms with Crippen LogP contribution in [-0.4, -0.2) is 17.9 Å². The molecule has 5 aromatic carbocycles. The molecule has 0 aliphatic carbocycles. The van der Waals surface area contributed by atoms with Crippen LogP contribution in [-0.2, 0) is 0 Å². The van der Waals surface area contributed by atoms with Crippen LogP contribution in [0.25, 0.3) is 42.0 Å². The number of hydrogen-bond acceptors (Lipinski definition) is 3. The summed E-state index contributed by atoms with van der Waals surface area (Å²) >= 11 is 1.25. The van der Waals surface area contributed by atoms with E-state index in [0.29, 0.717) is 0 Å². The van der Waals surface area contributed by atoms with Gasteiger partial charge in [0.2, 0.25) is 0 Å². The lowest BCUT2D eigenvalue weighted by Gasteiger charge is -2.15. The molecule has 180 valence electrons. The van der Waals surface area contributed by atoms with Gasteiger partial charge in [-0.1, -0.05) is 103 Å². The minimum atomic E-state index is -0.636. The SMILES string of the molecule is c1ccc(C2=NC(c3ccccc3)=IC(n3c4ccccc4c4c5sc6ccccc6c5ccc43)=N2)cc1. The molecule has 5 heteroatoms. The van der Waals surface area contributed by atoms with Crippen molar-refractivity contribution in [3.63, 3.8) is 0 Å². The number of amidine groups is 1. The first kappa shape index (κ1) is 22.1. The molecule has 0 radical (unpaired) electrons. The van der Waals surface area contributed by atoms with Crippen molar-refractivity contribution >= 4 is 87.4 Å². The summed E-state index contributed by atoms with van der Waals surface area (Å²) in [7, 11) is 0. The number of nitrogens with zero attached hydrogens (tertiary/aromatic N) is 3. The molecule has 7 aromatic rings. The summed E-state index contributed by atoms with van der Waals surface area (Å²) < 4.78 is 7.32. The third kappa shape index (κ3) is 3.42. The van der Waals surface area contributed by atoms with Crippen molar-refractivity contribution in [3.05, 3.63) is 132 Å². The third-order valence-corrected chi connectivity index (χ3v) is 10.8. The highest BCUT2D eigenvalue weighted by molar-refractivity contribution is 14.2. The Hall–Kier alpha value is -3.94. The Labute approximate surface area is 233 Å². The van der Waals surface area contributed by atoms with Gasteiger partial charge in [-0.25, -0.2) is 9.98 Å². The van der Waals surface area contributed by atoms with Crippen LogP contribution < -0.4 is 0 Å². The van der Waals surface area contributed by atoms with Crippen LogP contribution in [0.3, 0.4) is 0 Å². The summed E-state index contributed by atoms with van der Waals surface area (Å²) in [6.45, 7) is 0. The molecule has 0 saturated carbocycles. The lowest BCUT2D eigenvalue weighted by atomic mass is 10.1. The van der Waals surface area contributed by atoms with Crippen LogP contribution in [0.15, 0.2) is 131 Å². The standard InChI is InChI=1S/C33H20IN3S/c1-3-11-21(12-4-1)31-34-33(36-32(35-31)22-13-5-2-6-14-22)37-26-17-9-7-16-25(26)29-27(37)20-19-24-23-15-8-10-18-28(23)38-30(24)29/h1-20H. The largest absolute Gasteiger partial charge is 0.289 e. The van der Waals surface area contributed by atoms with Gasteiger partial charge in [-0.05, 0) is 38.9 Å². The van der Waals surface area contributed by atoms with Gasteiger partial charge >= 0.3 is 0 Å². The first-order valence-electron chi connectivity index (χ1n) is 12.5. The molecule has 0 bridgehead atoms. The van der Waals surface area contributed by atoms with E-state index in [-0.39, 0.29) is 0 Å². The van der Waals surface area contributed by atoms with E-state index < -0.39 is 20.7 Å². The topological polar surface area (TPSA) is 29.6 Å². The lowest BCUT2D eigenvalue weighted by Crippen LogP contribution is -2.15. The molecule has 1 aliphatic heterocycles. The van der Waals surface area contributed by atoms with Crippen molar-refractivity contribution in [2.24, 2.45) is 9.98 Å². The van der Waals surface area contributed by atoms with Crippen LogP contribution in [0.1, 0.15) is 11.1 Å². The predicted molar refractivity (Wildman–Crippen MR) is 173 cm³/mol. The maximum atomic E-state index is 5.25. The predicted octanol–water partition coefficient (Wildman–Crippen LogP) is 8.98. The van der Waals surface area contributed by atoms with Gasteiger partial charge in [-0.3, -0.25) is 4.57 Å². The van der Waals surface area contributed by atoms with E-state index in [2.05, 4.69) is 120 Å². The third-order valence-electron chi connectivity index (χ3n) is 6.98. The zero-order valence-electron chi connectivity index (χ0n) is 20.2. The Balaban J connectivity index is 1.46. The molecule has 0 N–H and O–H groups in total. The zero-order chi connectivity index (χ0) is 25.1. The first-order valence-corrected chi connectivity index (χ1v) is 15.5. The van der Waals surface area contributed by atoms with Gasteiger partial charge in [-0.2, -0.15) is 0 Å². The second-order valence-corrected chi connectivity index (χ2v) is 12.8. The normalized spacial score (nSPS) is 13.9. The number of aliphatic imine (C=N–C) groups is 2. The number of benzene rings is 5. The van der Waals surface area contributed by atoms with Crippen molar-refractivity contribution < 1.29 is 0 Å². The second kappa shape index (κ2) is 8.82. The van der Waals surface area contributed by atoms with Gasteiger partial charge in [0.15, 0.2) is 9.68 Å². The van der Waals surface area contributed by atoms with Gasteiger partial charge in [0.05, 0.1) is 11.0 Å². The van der Waals surface area contributed by atoms with Gasteiger partial charge < -0.3 is 0 Å². The molecule has 0 unspecified atom stereocenters. The minimum absolute atomic E-state index is 0.636. The van der Waals surface area contributed by atoms with E-state index in [1.165, 1.54) is 47.5 Å². The minimum Gasteiger partial charge on any atom is -0.289 e. The molecule has 0 saturated heterocycles. The van der Waals surface area contributed by atoms with Crippen LogP contribution in [0.5, 0.6) is 0 Å². The molecular weight excluding hydrogens is 597 g/mol. The molecule has 1 aliphatic rings. The van der Waals surface area contributed by atoms with Gasteiger partial charge in [0, 0.05) is 42.1 Å². The monoisotopic (exact) mass is 617 g/mol. The van der Waals surface area contributed by atoms with Crippen LogP contribution in [0, 0.1) is 0 Å². The van der Waals surface area contributed by atoms with E-state index in [1.807, 2.05) is 17.4 Å². The summed E-state index contributed by atoms with van der Waals surface area (Å²) in [5, 5.41) is 5.24. The highest BCUT2D eigenvalue weighted by atomic mass is 127. The average Bonchev–Trinajstić information content (AvgIpc) is 3.53. The van der Waals surface area contributed by atoms with E-state index in [0.717, 1.165) is 18.9 Å². The van der Waals surface area contributed by atoms with Crippen LogP contribution in [0.4, 0.5) is 0 Å². The number of fused-ring (bicyclic) bond motifs is 7. The number of para-hydroxylation sites is 1. The quantitative estimate of drug-likeness (QED) is 0.174. The number of rotatable bonds is 2. The molecule has 3 nitrogen and oxygen atoms in total. The van der Waals surface area contributed by atoms with Crippen molar-refractivity contribution in [3.8, 4) is 0 Å². The van der Waals surface area contributed by atoms with Crippen molar-refractivity contribution in [2.75, 3.05) is 0 Å². The molecule has 3 heterocycles. The molecule has 0 fully saturated rings. The first-order chi connectivity index (χ1) is 18.8. The maximum absolute atomic E-state index is 5.25. The Morgan fingerprint density at radius 1 is 0.553 bits per heavy atom. The van der Waals surface area contributed by atoms with E-state index >= 15 is 0 Å². The highest BCUT2D eigenvalue weighted by Crippen LogP contribution is 2.43. The molecule has 0 atom stereocenters.